The second-order valence-electron chi connectivity index (χ2n) is 8.37. The van der Waals surface area contributed by atoms with Gasteiger partial charge in [0.25, 0.3) is 0 Å². The number of rotatable bonds is 8. The Bertz CT molecular complexity index is 1260. The van der Waals surface area contributed by atoms with Crippen LogP contribution < -0.4 is 15.0 Å². The summed E-state index contributed by atoms with van der Waals surface area (Å²) in [5.41, 5.74) is -2.22. The van der Waals surface area contributed by atoms with Crippen molar-refractivity contribution in [2.75, 3.05) is 24.5 Å². The number of hydrogen-bond donors (Lipinski definition) is 3. The Hall–Kier alpha value is -4.02. The number of hydrogen-bond acceptors (Lipinski definition) is 5. The zero-order valence-corrected chi connectivity index (χ0v) is 20.6. The van der Waals surface area contributed by atoms with E-state index in [2.05, 4.69) is 5.32 Å². The fraction of sp³-hybridized carbons (Fsp3) is 0.375. The molecule has 0 fully saturated rings. The minimum atomic E-state index is -5.17. The first-order chi connectivity index (χ1) is 18.8. The van der Waals surface area contributed by atoms with E-state index >= 15 is 0 Å². The molecule has 0 aromatic heterocycles. The Kier molecular flexibility index (Phi) is 10.6. The SMILES string of the molecule is O=C(O)C(F)(F)F.O=C(O)CCNCC(=O)N1CCc2cc(OCc3ccc(C(F)(F)F)c(C(F)(F)F)c3)ccc21. The van der Waals surface area contributed by atoms with Crippen molar-refractivity contribution in [2.24, 2.45) is 0 Å². The predicted molar refractivity (Wildman–Crippen MR) is 122 cm³/mol. The molecule has 0 unspecified atom stereocenters. The molecule has 0 radical (unpaired) electrons. The van der Waals surface area contributed by atoms with Gasteiger partial charge in [0, 0.05) is 18.8 Å². The van der Waals surface area contributed by atoms with Crippen LogP contribution in [0, 0.1) is 0 Å². The third kappa shape index (κ3) is 9.84. The maximum atomic E-state index is 13.1. The number of carbonyl (C=O) groups excluding carboxylic acids is 1. The summed E-state index contributed by atoms with van der Waals surface area (Å²) in [6.07, 6.45) is -15.0. The monoisotopic (exact) mass is 604 g/mol. The number of carbonyl (C=O) groups is 3. The van der Waals surface area contributed by atoms with E-state index in [4.69, 9.17) is 19.7 Å². The summed E-state index contributed by atoms with van der Waals surface area (Å²) < 4.78 is 115. The van der Waals surface area contributed by atoms with Gasteiger partial charge in [-0.05, 0) is 47.9 Å². The number of aliphatic carboxylic acids is 2. The third-order valence-corrected chi connectivity index (χ3v) is 5.38. The molecule has 1 amide bonds. The minimum absolute atomic E-state index is 0.0412. The summed E-state index contributed by atoms with van der Waals surface area (Å²) in [6, 6.07) is 6.49. The first-order valence-electron chi connectivity index (χ1n) is 11.4. The Morgan fingerprint density at radius 2 is 1.49 bits per heavy atom. The van der Waals surface area contributed by atoms with Crippen LogP contribution in [-0.4, -0.2) is 53.9 Å². The average molecular weight is 604 g/mol. The molecule has 1 aliphatic heterocycles. The van der Waals surface area contributed by atoms with Crippen molar-refractivity contribution in [2.45, 2.75) is 38.0 Å². The number of carboxylic acid groups (broad SMARTS) is 2. The Morgan fingerprint density at radius 3 is 2.02 bits per heavy atom. The molecule has 1 aliphatic rings. The fourth-order valence-electron chi connectivity index (χ4n) is 3.54. The van der Waals surface area contributed by atoms with E-state index in [0.29, 0.717) is 36.5 Å². The summed E-state index contributed by atoms with van der Waals surface area (Å²) in [6.45, 7) is 0.122. The van der Waals surface area contributed by atoms with Crippen LogP contribution in [0.4, 0.5) is 45.2 Å². The number of alkyl halides is 9. The molecule has 3 rings (SSSR count). The van der Waals surface area contributed by atoms with E-state index in [1.54, 1.807) is 12.1 Å². The van der Waals surface area contributed by atoms with Crippen molar-refractivity contribution < 1.29 is 68.8 Å². The highest BCUT2D eigenvalue weighted by molar-refractivity contribution is 5.96. The number of nitrogens with one attached hydrogen (secondary N) is 1. The van der Waals surface area contributed by atoms with Crippen LogP contribution in [0.3, 0.4) is 0 Å². The number of carboxylic acids is 2. The molecule has 2 aromatic rings. The lowest BCUT2D eigenvalue weighted by Crippen LogP contribution is -2.37. The molecule has 1 heterocycles. The number of amides is 1. The van der Waals surface area contributed by atoms with Crippen LogP contribution in [0.5, 0.6) is 5.75 Å². The lowest BCUT2D eigenvalue weighted by atomic mass is 10.0. The van der Waals surface area contributed by atoms with E-state index in [9.17, 15) is 49.1 Å². The van der Waals surface area contributed by atoms with Gasteiger partial charge >= 0.3 is 30.5 Å². The highest BCUT2D eigenvalue weighted by atomic mass is 19.4. The third-order valence-electron chi connectivity index (χ3n) is 5.38. The van der Waals surface area contributed by atoms with E-state index in [1.165, 1.54) is 11.0 Å². The second kappa shape index (κ2) is 13.1. The van der Waals surface area contributed by atoms with Crippen molar-refractivity contribution in [3.63, 3.8) is 0 Å². The Labute approximate surface area is 225 Å². The molecule has 3 N–H and O–H groups in total. The molecular weight excluding hydrogens is 583 g/mol. The van der Waals surface area contributed by atoms with Crippen molar-refractivity contribution >= 4 is 23.5 Å². The minimum Gasteiger partial charge on any atom is -0.489 e. The summed E-state index contributed by atoms with van der Waals surface area (Å²) in [7, 11) is 0. The molecule has 8 nitrogen and oxygen atoms in total. The van der Waals surface area contributed by atoms with E-state index in [0.717, 1.165) is 11.6 Å². The van der Waals surface area contributed by atoms with Gasteiger partial charge in [-0.2, -0.15) is 39.5 Å². The highest BCUT2D eigenvalue weighted by Gasteiger charge is 2.43. The topological polar surface area (TPSA) is 116 Å². The predicted octanol–water partition coefficient (Wildman–Crippen LogP) is 4.89. The van der Waals surface area contributed by atoms with Gasteiger partial charge in [0.1, 0.15) is 12.4 Å². The van der Waals surface area contributed by atoms with Crippen molar-refractivity contribution in [1.29, 1.82) is 0 Å². The van der Waals surface area contributed by atoms with Crippen LogP contribution in [0.1, 0.15) is 28.7 Å². The van der Waals surface area contributed by atoms with E-state index in [-0.39, 0.29) is 37.6 Å². The highest BCUT2D eigenvalue weighted by Crippen LogP contribution is 2.41. The normalized spacial score (nSPS) is 13.2. The van der Waals surface area contributed by atoms with Crippen LogP contribution in [0.25, 0.3) is 0 Å². The molecule has 0 spiro atoms. The summed E-state index contributed by atoms with van der Waals surface area (Å²) >= 11 is 0. The fourth-order valence-corrected chi connectivity index (χ4v) is 3.54. The largest absolute Gasteiger partial charge is 0.490 e. The summed E-state index contributed by atoms with van der Waals surface area (Å²) in [5, 5.41) is 18.5. The van der Waals surface area contributed by atoms with Gasteiger partial charge in [0.2, 0.25) is 5.91 Å². The van der Waals surface area contributed by atoms with Gasteiger partial charge in [0.15, 0.2) is 0 Å². The number of nitrogens with zero attached hydrogens (tertiary/aromatic N) is 1. The smallest absolute Gasteiger partial charge is 0.489 e. The number of benzene rings is 2. The first-order valence-corrected chi connectivity index (χ1v) is 11.4. The average Bonchev–Trinajstić information content (AvgIpc) is 3.27. The summed E-state index contributed by atoms with van der Waals surface area (Å²) in [5.74, 6) is -3.69. The van der Waals surface area contributed by atoms with Crippen LogP contribution in [-0.2, 0) is 39.8 Å². The van der Waals surface area contributed by atoms with E-state index < -0.39 is 41.6 Å². The number of halogens is 9. The zero-order chi connectivity index (χ0) is 31.2. The molecule has 0 saturated carbocycles. The molecular formula is C24H21F9N2O6. The van der Waals surface area contributed by atoms with Gasteiger partial charge in [-0.25, -0.2) is 4.79 Å². The Morgan fingerprint density at radius 1 is 0.878 bits per heavy atom. The van der Waals surface area contributed by atoms with E-state index in [1.807, 2.05) is 0 Å². The number of fused-ring (bicyclic) bond motifs is 1. The molecule has 2 aromatic carbocycles. The molecule has 0 atom stereocenters. The molecule has 0 saturated heterocycles. The molecule has 0 bridgehead atoms. The van der Waals surface area contributed by atoms with Crippen molar-refractivity contribution in [1.82, 2.24) is 5.32 Å². The quantitative estimate of drug-likeness (QED) is 0.290. The van der Waals surface area contributed by atoms with Gasteiger partial charge in [0.05, 0.1) is 24.1 Å². The van der Waals surface area contributed by atoms with Crippen molar-refractivity contribution in [3.8, 4) is 5.75 Å². The molecule has 0 aliphatic carbocycles. The van der Waals surface area contributed by atoms with Gasteiger partial charge < -0.3 is 25.2 Å². The van der Waals surface area contributed by atoms with Crippen LogP contribution in [0.2, 0.25) is 0 Å². The van der Waals surface area contributed by atoms with Gasteiger partial charge in [-0.1, -0.05) is 6.07 Å². The zero-order valence-electron chi connectivity index (χ0n) is 20.6. The maximum absolute atomic E-state index is 13.1. The molecule has 41 heavy (non-hydrogen) atoms. The molecule has 226 valence electrons. The number of ether oxygens (including phenoxy) is 1. The first kappa shape index (κ1) is 33.2. The standard InChI is InChI=1S/C22H20F6N2O4.C2HF3O2/c23-21(24,25)16-3-1-13(9-17(16)22(26,27)28)12-34-15-2-4-18-14(10-15)6-8-30(18)19(31)11-29-7-5-20(32)33;3-2(4,5)1(6)7/h1-4,9-10,29H,5-8,11-12H2,(H,32,33);(H,6,7). The molecule has 17 heteroatoms. The second-order valence-corrected chi connectivity index (χ2v) is 8.37. The van der Waals surface area contributed by atoms with Crippen LogP contribution >= 0.6 is 0 Å². The van der Waals surface area contributed by atoms with Crippen molar-refractivity contribution in [3.05, 3.63) is 58.7 Å². The summed E-state index contributed by atoms with van der Waals surface area (Å²) in [4.78, 5) is 33.3. The number of anilines is 1. The van der Waals surface area contributed by atoms with Crippen LogP contribution in [0.15, 0.2) is 36.4 Å². The maximum Gasteiger partial charge on any atom is 0.490 e. The Balaban J connectivity index is 0.000000745. The van der Waals surface area contributed by atoms with Gasteiger partial charge in [-0.15, -0.1) is 0 Å². The lowest BCUT2D eigenvalue weighted by molar-refractivity contribution is -0.192. The van der Waals surface area contributed by atoms with Gasteiger partial charge in [-0.3, -0.25) is 9.59 Å². The lowest BCUT2D eigenvalue weighted by Gasteiger charge is -2.18.